The van der Waals surface area contributed by atoms with E-state index in [-0.39, 0.29) is 11.7 Å². The molecule has 1 heterocycles. The maximum Gasteiger partial charge on any atom is 0.256 e. The average molecular weight is 404 g/mol. The average Bonchev–Trinajstić information content (AvgIpc) is 3.06. The second kappa shape index (κ2) is 8.28. The molecule has 2 aliphatic carbocycles. The van der Waals surface area contributed by atoms with E-state index in [9.17, 15) is 9.18 Å². The monoisotopic (exact) mass is 404 g/mol. The number of fused-ring (bicyclic) bond motifs is 2. The van der Waals surface area contributed by atoms with Crippen molar-refractivity contribution >= 4 is 23.2 Å². The van der Waals surface area contributed by atoms with Gasteiger partial charge in [-0.15, -0.1) is 0 Å². The summed E-state index contributed by atoms with van der Waals surface area (Å²) in [6.45, 7) is 3.64. The van der Waals surface area contributed by atoms with Crippen molar-refractivity contribution in [2.45, 2.75) is 13.3 Å². The summed E-state index contributed by atoms with van der Waals surface area (Å²) in [6, 6.07) is 14.3. The minimum Gasteiger partial charge on any atom is -0.493 e. The van der Waals surface area contributed by atoms with Gasteiger partial charge in [0.15, 0.2) is 0 Å². The first-order chi connectivity index (χ1) is 14.4. The third-order valence-corrected chi connectivity index (χ3v) is 5.29. The van der Waals surface area contributed by atoms with Crippen LogP contribution in [0.3, 0.4) is 0 Å². The number of hydrogen-bond acceptors (Lipinski definition) is 3. The summed E-state index contributed by atoms with van der Waals surface area (Å²) < 4.78 is 19.9. The standard InChI is InChI=1S/C25H25FN2O2/c1-16-13-17(14-21-20-15-18(26)9-10-22(20)27-25(21)29)19-7-4-5-8-23(24(16)19)30-12-6-11-28(2)3/h4-5,7-10,13-15H,6,11-12H2,1-3H3,(H,27,29)/b21-14+. The van der Waals surface area contributed by atoms with E-state index in [2.05, 4.69) is 16.3 Å². The number of benzene rings is 1. The molecule has 0 saturated carbocycles. The Labute approximate surface area is 176 Å². The van der Waals surface area contributed by atoms with E-state index in [0.29, 0.717) is 23.4 Å². The number of rotatable bonds is 6. The quantitative estimate of drug-likeness (QED) is 0.461. The van der Waals surface area contributed by atoms with Crippen molar-refractivity contribution in [3.05, 3.63) is 71.0 Å². The highest BCUT2D eigenvalue weighted by Gasteiger charge is 2.26. The Kier molecular flexibility index (Phi) is 5.55. The lowest BCUT2D eigenvalue weighted by molar-refractivity contribution is -0.110. The molecule has 0 spiro atoms. The van der Waals surface area contributed by atoms with E-state index < -0.39 is 0 Å². The SMILES string of the molecule is Cc1cc(/C=C2/C(=O)Nc3ccc(F)cc32)c2ccccc(OCCCN(C)C)c1-2. The fourth-order valence-electron chi connectivity index (χ4n) is 3.89. The Bertz CT molecular complexity index is 1100. The molecule has 0 atom stereocenters. The van der Waals surface area contributed by atoms with Gasteiger partial charge in [0.2, 0.25) is 0 Å². The molecule has 0 aromatic heterocycles. The van der Waals surface area contributed by atoms with Crippen LogP contribution >= 0.6 is 0 Å². The van der Waals surface area contributed by atoms with E-state index in [1.807, 2.05) is 51.4 Å². The maximum atomic E-state index is 13.8. The predicted octanol–water partition coefficient (Wildman–Crippen LogP) is 5.06. The number of nitrogens with zero attached hydrogens (tertiary/aromatic N) is 1. The van der Waals surface area contributed by atoms with Crippen molar-refractivity contribution in [1.29, 1.82) is 0 Å². The third kappa shape index (κ3) is 3.94. The molecule has 0 saturated heterocycles. The number of carbonyl (C=O) groups is 1. The van der Waals surface area contributed by atoms with Gasteiger partial charge in [-0.25, -0.2) is 4.39 Å². The fourth-order valence-corrected chi connectivity index (χ4v) is 3.89. The smallest absolute Gasteiger partial charge is 0.256 e. The Hall–Kier alpha value is -3.18. The first-order valence-electron chi connectivity index (χ1n) is 10.1. The molecule has 4 rings (SSSR count). The number of aryl methyl sites for hydroxylation is 1. The van der Waals surface area contributed by atoms with Gasteiger partial charge in [-0.1, -0.05) is 24.3 Å². The molecule has 1 N–H and O–H groups in total. The zero-order chi connectivity index (χ0) is 21.3. The van der Waals surface area contributed by atoms with Crippen LogP contribution in [-0.4, -0.2) is 38.1 Å². The lowest BCUT2D eigenvalue weighted by Crippen LogP contribution is -2.15. The van der Waals surface area contributed by atoms with Gasteiger partial charge in [-0.05, 0) is 74.5 Å². The van der Waals surface area contributed by atoms with Crippen molar-refractivity contribution in [2.24, 2.45) is 0 Å². The van der Waals surface area contributed by atoms with Crippen LogP contribution in [0, 0.1) is 12.7 Å². The maximum absolute atomic E-state index is 13.8. The molecule has 1 aromatic rings. The van der Waals surface area contributed by atoms with Crippen molar-refractivity contribution in [2.75, 3.05) is 32.6 Å². The van der Waals surface area contributed by atoms with Gasteiger partial charge >= 0.3 is 0 Å². The van der Waals surface area contributed by atoms with Gasteiger partial charge in [0, 0.05) is 28.9 Å². The summed E-state index contributed by atoms with van der Waals surface area (Å²) in [4.78, 5) is 14.7. The van der Waals surface area contributed by atoms with E-state index in [0.717, 1.165) is 41.0 Å². The van der Waals surface area contributed by atoms with Gasteiger partial charge in [0.25, 0.3) is 5.91 Å². The van der Waals surface area contributed by atoms with Crippen molar-refractivity contribution in [1.82, 2.24) is 4.90 Å². The fraction of sp³-hybridized carbons (Fsp3) is 0.240. The molecule has 1 aliphatic heterocycles. The molecule has 5 heteroatoms. The van der Waals surface area contributed by atoms with E-state index >= 15 is 0 Å². The zero-order valence-electron chi connectivity index (χ0n) is 17.5. The van der Waals surface area contributed by atoms with Crippen molar-refractivity contribution in [3.8, 4) is 16.9 Å². The van der Waals surface area contributed by atoms with E-state index in [4.69, 9.17) is 4.74 Å². The Balaban J connectivity index is 1.70. The second-order valence-corrected chi connectivity index (χ2v) is 7.86. The molecule has 1 amide bonds. The molecule has 4 nitrogen and oxygen atoms in total. The Morgan fingerprint density at radius 2 is 1.90 bits per heavy atom. The highest BCUT2D eigenvalue weighted by Crippen LogP contribution is 2.41. The summed E-state index contributed by atoms with van der Waals surface area (Å²) in [5.41, 5.74) is 5.73. The normalized spacial score (nSPS) is 14.4. The third-order valence-electron chi connectivity index (χ3n) is 5.29. The van der Waals surface area contributed by atoms with Gasteiger partial charge in [-0.3, -0.25) is 4.79 Å². The lowest BCUT2D eigenvalue weighted by atomic mass is 10.0. The molecule has 0 radical (unpaired) electrons. The van der Waals surface area contributed by atoms with Crippen LogP contribution in [0.4, 0.5) is 10.1 Å². The molecule has 0 unspecified atom stereocenters. The van der Waals surface area contributed by atoms with Crippen LogP contribution in [0.2, 0.25) is 0 Å². The topological polar surface area (TPSA) is 41.6 Å². The number of halogens is 1. The minimum atomic E-state index is -0.362. The van der Waals surface area contributed by atoms with Gasteiger partial charge in [0.05, 0.1) is 6.61 Å². The van der Waals surface area contributed by atoms with E-state index in [1.54, 1.807) is 6.07 Å². The highest BCUT2D eigenvalue weighted by molar-refractivity contribution is 6.35. The molecular formula is C25H25FN2O2. The summed E-state index contributed by atoms with van der Waals surface area (Å²) in [5.74, 6) is 0.251. The summed E-state index contributed by atoms with van der Waals surface area (Å²) in [7, 11) is 4.09. The number of anilines is 1. The van der Waals surface area contributed by atoms with Crippen molar-refractivity contribution in [3.63, 3.8) is 0 Å². The first kappa shape index (κ1) is 20.1. The number of amides is 1. The molecule has 0 bridgehead atoms. The summed E-state index contributed by atoms with van der Waals surface area (Å²) in [6.07, 6.45) is 2.78. The van der Waals surface area contributed by atoms with Crippen molar-refractivity contribution < 1.29 is 13.9 Å². The van der Waals surface area contributed by atoms with Crippen LogP contribution in [-0.2, 0) is 4.79 Å². The van der Waals surface area contributed by atoms with Crippen LogP contribution in [0.25, 0.3) is 22.8 Å². The Morgan fingerprint density at radius 1 is 1.10 bits per heavy atom. The van der Waals surface area contributed by atoms with Gasteiger partial charge in [0.1, 0.15) is 11.6 Å². The number of nitrogens with one attached hydrogen (secondary N) is 1. The molecule has 30 heavy (non-hydrogen) atoms. The van der Waals surface area contributed by atoms with Crippen LogP contribution in [0.15, 0.2) is 48.5 Å². The van der Waals surface area contributed by atoms with Crippen LogP contribution in [0.1, 0.15) is 23.1 Å². The largest absolute Gasteiger partial charge is 0.493 e. The van der Waals surface area contributed by atoms with Crippen LogP contribution < -0.4 is 10.1 Å². The van der Waals surface area contributed by atoms with E-state index in [1.165, 1.54) is 12.1 Å². The lowest BCUT2D eigenvalue weighted by Gasteiger charge is -2.12. The molecule has 0 fully saturated rings. The number of hydrogen-bond donors (Lipinski definition) is 1. The van der Waals surface area contributed by atoms with Gasteiger partial charge < -0.3 is 15.0 Å². The van der Waals surface area contributed by atoms with Gasteiger partial charge in [-0.2, -0.15) is 0 Å². The molecule has 1 aromatic carbocycles. The minimum absolute atomic E-state index is 0.219. The predicted molar refractivity (Wildman–Crippen MR) is 119 cm³/mol. The highest BCUT2D eigenvalue weighted by atomic mass is 19.1. The van der Waals surface area contributed by atoms with Crippen LogP contribution in [0.5, 0.6) is 5.75 Å². The summed E-state index contributed by atoms with van der Waals surface area (Å²) in [5, 5.41) is 2.81. The zero-order valence-corrected chi connectivity index (χ0v) is 17.5. The Morgan fingerprint density at radius 3 is 2.70 bits per heavy atom. The second-order valence-electron chi connectivity index (χ2n) is 7.86. The summed E-state index contributed by atoms with van der Waals surface area (Å²) >= 11 is 0. The number of ether oxygens (including phenoxy) is 1. The molecule has 3 aliphatic rings. The first-order valence-corrected chi connectivity index (χ1v) is 10.1. The molecular weight excluding hydrogens is 379 g/mol. The number of carbonyl (C=O) groups excluding carboxylic acids is 1. The molecule has 154 valence electrons.